The predicted octanol–water partition coefficient (Wildman–Crippen LogP) is 1.85. The Labute approximate surface area is 116 Å². The van der Waals surface area contributed by atoms with Crippen LogP contribution in [0.15, 0.2) is 35.1 Å². The van der Waals surface area contributed by atoms with Crippen LogP contribution in [0.25, 0.3) is 22.3 Å². The Morgan fingerprint density at radius 2 is 1.81 bits per heavy atom. The van der Waals surface area contributed by atoms with E-state index in [-0.39, 0.29) is 22.3 Å². The fourth-order valence-electron chi connectivity index (χ4n) is 2.04. The zero-order chi connectivity index (χ0) is 15.1. The van der Waals surface area contributed by atoms with E-state index >= 15 is 0 Å². The number of nitrogens with zero attached hydrogens (tertiary/aromatic N) is 1. The summed E-state index contributed by atoms with van der Waals surface area (Å²) in [4.78, 5) is 18.3. The average molecular weight is 288 g/mol. The number of hydrogen-bond acceptors (Lipinski definition) is 5. The SMILES string of the molecule is O=c1[nH]c(-c2ccccc2F)nc2cc(O)c(O)c(O)c12. The molecule has 1 heterocycles. The van der Waals surface area contributed by atoms with Gasteiger partial charge in [0.2, 0.25) is 5.75 Å². The first kappa shape index (κ1) is 12.9. The number of phenols is 3. The van der Waals surface area contributed by atoms with E-state index in [9.17, 15) is 24.5 Å². The largest absolute Gasteiger partial charge is 0.504 e. The number of aromatic amines is 1. The van der Waals surface area contributed by atoms with Gasteiger partial charge in [-0.15, -0.1) is 0 Å². The number of aromatic hydroxyl groups is 3. The van der Waals surface area contributed by atoms with Gasteiger partial charge in [-0.2, -0.15) is 0 Å². The maximum absolute atomic E-state index is 13.7. The van der Waals surface area contributed by atoms with Gasteiger partial charge in [0.25, 0.3) is 5.56 Å². The third kappa shape index (κ3) is 1.95. The lowest BCUT2D eigenvalue weighted by atomic mass is 10.1. The number of hydrogen-bond donors (Lipinski definition) is 4. The molecule has 0 aliphatic carbocycles. The quantitative estimate of drug-likeness (QED) is 0.511. The first-order valence-corrected chi connectivity index (χ1v) is 5.92. The number of nitrogens with one attached hydrogen (secondary N) is 1. The number of phenolic OH excluding ortho intramolecular Hbond substituents is 3. The molecule has 0 saturated carbocycles. The number of H-pyrrole nitrogens is 1. The standard InChI is InChI=1S/C14H9FN2O4/c15-7-4-2-1-3-6(7)13-16-8-5-9(18)11(19)12(20)10(8)14(21)17-13/h1-5,18-20H,(H,16,17,21). The minimum absolute atomic E-state index is 0.0462. The first-order valence-electron chi connectivity index (χ1n) is 5.92. The molecule has 21 heavy (non-hydrogen) atoms. The molecule has 0 saturated heterocycles. The molecule has 1 aromatic heterocycles. The summed E-state index contributed by atoms with van der Waals surface area (Å²) in [6, 6.07) is 6.73. The van der Waals surface area contributed by atoms with Gasteiger partial charge in [-0.1, -0.05) is 12.1 Å². The van der Waals surface area contributed by atoms with Crippen LogP contribution in [0, 0.1) is 5.82 Å². The fourth-order valence-corrected chi connectivity index (χ4v) is 2.04. The third-order valence-electron chi connectivity index (χ3n) is 3.05. The lowest BCUT2D eigenvalue weighted by molar-refractivity contribution is 0.371. The molecule has 0 aliphatic rings. The molecule has 7 heteroatoms. The Bertz CT molecular complexity index is 921. The topological polar surface area (TPSA) is 106 Å². The lowest BCUT2D eigenvalue weighted by Crippen LogP contribution is -2.10. The zero-order valence-electron chi connectivity index (χ0n) is 10.5. The number of halogens is 1. The van der Waals surface area contributed by atoms with Crippen molar-refractivity contribution in [1.29, 1.82) is 0 Å². The van der Waals surface area contributed by atoms with Gasteiger partial charge in [-0.25, -0.2) is 9.37 Å². The molecule has 3 rings (SSSR count). The van der Waals surface area contributed by atoms with Gasteiger partial charge in [0.05, 0.1) is 11.1 Å². The average Bonchev–Trinajstić information content (AvgIpc) is 2.44. The summed E-state index contributed by atoms with van der Waals surface area (Å²) in [6.07, 6.45) is 0. The van der Waals surface area contributed by atoms with Gasteiger partial charge in [0, 0.05) is 6.07 Å². The van der Waals surface area contributed by atoms with Gasteiger partial charge in [-0.3, -0.25) is 4.79 Å². The summed E-state index contributed by atoms with van der Waals surface area (Å²) in [7, 11) is 0. The number of rotatable bonds is 1. The summed E-state index contributed by atoms with van der Waals surface area (Å²) < 4.78 is 13.7. The second-order valence-electron chi connectivity index (χ2n) is 4.38. The third-order valence-corrected chi connectivity index (χ3v) is 3.05. The monoisotopic (exact) mass is 288 g/mol. The minimum Gasteiger partial charge on any atom is -0.504 e. The number of fused-ring (bicyclic) bond motifs is 1. The Hall–Kier alpha value is -3.09. The maximum Gasteiger partial charge on any atom is 0.262 e. The molecule has 106 valence electrons. The van der Waals surface area contributed by atoms with Crippen molar-refractivity contribution in [2.45, 2.75) is 0 Å². The van der Waals surface area contributed by atoms with E-state index in [1.165, 1.54) is 18.2 Å². The highest BCUT2D eigenvalue weighted by Gasteiger charge is 2.17. The van der Waals surface area contributed by atoms with E-state index in [2.05, 4.69) is 9.97 Å². The van der Waals surface area contributed by atoms with E-state index in [0.29, 0.717) is 0 Å². The van der Waals surface area contributed by atoms with Gasteiger partial charge < -0.3 is 20.3 Å². The van der Waals surface area contributed by atoms with Crippen LogP contribution >= 0.6 is 0 Å². The first-order chi connectivity index (χ1) is 9.99. The van der Waals surface area contributed by atoms with Crippen LogP contribution in [0.4, 0.5) is 4.39 Å². The van der Waals surface area contributed by atoms with E-state index < -0.39 is 28.6 Å². The second kappa shape index (κ2) is 4.48. The Balaban J connectivity index is 2.38. The van der Waals surface area contributed by atoms with Crippen LogP contribution in [-0.2, 0) is 0 Å². The summed E-state index contributed by atoms with van der Waals surface area (Å²) >= 11 is 0. The van der Waals surface area contributed by atoms with Crippen LogP contribution in [0.2, 0.25) is 0 Å². The van der Waals surface area contributed by atoms with Gasteiger partial charge in [-0.05, 0) is 12.1 Å². The highest BCUT2D eigenvalue weighted by molar-refractivity contribution is 5.89. The van der Waals surface area contributed by atoms with Crippen LogP contribution in [0.1, 0.15) is 0 Å². The number of benzene rings is 2. The highest BCUT2D eigenvalue weighted by atomic mass is 19.1. The van der Waals surface area contributed by atoms with E-state index in [4.69, 9.17) is 0 Å². The lowest BCUT2D eigenvalue weighted by Gasteiger charge is -2.07. The van der Waals surface area contributed by atoms with Crippen molar-refractivity contribution >= 4 is 10.9 Å². The van der Waals surface area contributed by atoms with E-state index in [1.807, 2.05) is 0 Å². The van der Waals surface area contributed by atoms with Gasteiger partial charge in [0.1, 0.15) is 17.0 Å². The molecule has 0 bridgehead atoms. The summed E-state index contributed by atoms with van der Waals surface area (Å²) in [5.74, 6) is -2.84. The van der Waals surface area contributed by atoms with Crippen molar-refractivity contribution < 1.29 is 19.7 Å². The van der Waals surface area contributed by atoms with Crippen molar-refractivity contribution in [3.8, 4) is 28.6 Å². The van der Waals surface area contributed by atoms with Crippen molar-refractivity contribution in [1.82, 2.24) is 9.97 Å². The highest BCUT2D eigenvalue weighted by Crippen LogP contribution is 2.39. The molecule has 4 N–H and O–H groups in total. The summed E-state index contributed by atoms with van der Waals surface area (Å²) in [5, 5.41) is 28.3. The molecule has 0 fully saturated rings. The second-order valence-corrected chi connectivity index (χ2v) is 4.38. The summed E-state index contributed by atoms with van der Waals surface area (Å²) in [6.45, 7) is 0. The Morgan fingerprint density at radius 1 is 1.10 bits per heavy atom. The molecule has 6 nitrogen and oxygen atoms in total. The van der Waals surface area contributed by atoms with Gasteiger partial charge in [0.15, 0.2) is 11.5 Å². The normalized spacial score (nSPS) is 10.9. The molecule has 2 aromatic carbocycles. The predicted molar refractivity (Wildman–Crippen MR) is 72.8 cm³/mol. The molecular weight excluding hydrogens is 279 g/mol. The van der Waals surface area contributed by atoms with Crippen molar-refractivity contribution in [2.75, 3.05) is 0 Å². The molecule has 0 aliphatic heterocycles. The van der Waals surface area contributed by atoms with E-state index in [0.717, 1.165) is 6.07 Å². The molecule has 0 spiro atoms. The maximum atomic E-state index is 13.7. The smallest absolute Gasteiger partial charge is 0.262 e. The summed E-state index contributed by atoms with van der Waals surface area (Å²) in [5.41, 5.74) is -0.751. The Kier molecular flexibility index (Phi) is 2.76. The van der Waals surface area contributed by atoms with Crippen LogP contribution in [-0.4, -0.2) is 25.3 Å². The molecular formula is C14H9FN2O4. The molecule has 0 radical (unpaired) electrons. The van der Waals surface area contributed by atoms with Crippen LogP contribution in [0.3, 0.4) is 0 Å². The van der Waals surface area contributed by atoms with Crippen LogP contribution in [0.5, 0.6) is 17.2 Å². The number of aromatic nitrogens is 2. The zero-order valence-corrected chi connectivity index (χ0v) is 10.5. The van der Waals surface area contributed by atoms with Crippen molar-refractivity contribution in [3.05, 3.63) is 46.5 Å². The molecule has 0 amide bonds. The Morgan fingerprint density at radius 3 is 2.52 bits per heavy atom. The molecule has 0 atom stereocenters. The van der Waals surface area contributed by atoms with Gasteiger partial charge >= 0.3 is 0 Å². The fraction of sp³-hybridized carbons (Fsp3) is 0. The minimum atomic E-state index is -0.812. The van der Waals surface area contributed by atoms with Crippen LogP contribution < -0.4 is 5.56 Å². The van der Waals surface area contributed by atoms with Crippen molar-refractivity contribution in [3.63, 3.8) is 0 Å². The molecule has 0 unspecified atom stereocenters. The van der Waals surface area contributed by atoms with Crippen molar-refractivity contribution in [2.24, 2.45) is 0 Å². The molecule has 3 aromatic rings. The van der Waals surface area contributed by atoms with E-state index in [1.54, 1.807) is 6.07 Å².